The number of hydrogen-bond donors (Lipinski definition) is 2. The largest absolute Gasteiger partial charge is 0.326 e. The zero-order chi connectivity index (χ0) is 19.9. The highest BCUT2D eigenvalue weighted by atomic mass is 16.2. The molecule has 1 aromatic heterocycles. The molecular formula is C20H24N4O3. The summed E-state index contributed by atoms with van der Waals surface area (Å²) < 4.78 is 0. The fourth-order valence-corrected chi connectivity index (χ4v) is 3.58. The predicted octanol–water partition coefficient (Wildman–Crippen LogP) is 2.21. The average Bonchev–Trinajstić information content (AvgIpc) is 2.79. The summed E-state index contributed by atoms with van der Waals surface area (Å²) in [6.07, 6.45) is 1.31. The molecule has 0 aliphatic carbocycles. The number of anilines is 2. The van der Waals surface area contributed by atoms with Crippen molar-refractivity contribution < 1.29 is 9.59 Å². The number of carbonyl (C=O) groups is 2. The van der Waals surface area contributed by atoms with Crippen molar-refractivity contribution in [2.24, 2.45) is 0 Å². The number of rotatable bonds is 4. The molecule has 0 radical (unpaired) electrons. The number of H-pyrrole nitrogens is 1. The molecule has 0 atom stereocenters. The number of aromatic nitrogens is 2. The third kappa shape index (κ3) is 3.13. The lowest BCUT2D eigenvalue weighted by Crippen LogP contribution is -2.36. The molecule has 0 spiro atoms. The maximum atomic E-state index is 12.7. The van der Waals surface area contributed by atoms with Crippen LogP contribution in [-0.2, 0) is 21.4 Å². The molecule has 0 bridgehead atoms. The minimum atomic E-state index is -0.637. The summed E-state index contributed by atoms with van der Waals surface area (Å²) in [4.78, 5) is 45.2. The normalized spacial score (nSPS) is 15.0. The van der Waals surface area contributed by atoms with Crippen molar-refractivity contribution in [2.45, 2.75) is 46.5 Å². The monoisotopic (exact) mass is 368 g/mol. The maximum absolute atomic E-state index is 12.7. The zero-order valence-corrected chi connectivity index (χ0v) is 16.3. The summed E-state index contributed by atoms with van der Waals surface area (Å²) in [5, 5.41) is 2.87. The average molecular weight is 368 g/mol. The summed E-state index contributed by atoms with van der Waals surface area (Å²) in [7, 11) is 0. The molecule has 2 aromatic rings. The van der Waals surface area contributed by atoms with E-state index in [0.29, 0.717) is 23.5 Å². The number of fused-ring (bicyclic) bond motifs is 1. The van der Waals surface area contributed by atoms with Gasteiger partial charge in [0.2, 0.25) is 11.8 Å². The number of aromatic amines is 1. The van der Waals surface area contributed by atoms with Crippen LogP contribution in [0, 0.1) is 13.8 Å². The summed E-state index contributed by atoms with van der Waals surface area (Å²) in [6, 6.07) is 3.73. The van der Waals surface area contributed by atoms with Crippen LogP contribution in [0.15, 0.2) is 23.3 Å². The van der Waals surface area contributed by atoms with Gasteiger partial charge in [-0.1, -0.05) is 0 Å². The van der Waals surface area contributed by atoms with Gasteiger partial charge in [0.1, 0.15) is 0 Å². The van der Waals surface area contributed by atoms with Crippen LogP contribution in [0.3, 0.4) is 0 Å². The van der Waals surface area contributed by atoms with Crippen molar-refractivity contribution in [3.63, 3.8) is 0 Å². The molecule has 2 amide bonds. The SMILES string of the molecule is CCN1C(=O)C(C)(C)c2cc(NC(=O)Cc3nc[nH]c(=O)c3C)cc(C)c21. The van der Waals surface area contributed by atoms with Gasteiger partial charge in [-0.15, -0.1) is 0 Å². The van der Waals surface area contributed by atoms with E-state index in [9.17, 15) is 14.4 Å². The molecule has 7 nitrogen and oxygen atoms in total. The molecule has 0 saturated heterocycles. The van der Waals surface area contributed by atoms with Crippen LogP contribution < -0.4 is 15.8 Å². The number of carbonyl (C=O) groups excluding carboxylic acids is 2. The number of aryl methyl sites for hydroxylation is 1. The maximum Gasteiger partial charge on any atom is 0.253 e. The van der Waals surface area contributed by atoms with Gasteiger partial charge in [-0.05, 0) is 57.9 Å². The van der Waals surface area contributed by atoms with Gasteiger partial charge >= 0.3 is 0 Å². The fraction of sp³-hybridized carbons (Fsp3) is 0.400. The molecule has 3 rings (SSSR count). The highest BCUT2D eigenvalue weighted by Gasteiger charge is 2.44. The van der Waals surface area contributed by atoms with Crippen molar-refractivity contribution in [3.05, 3.63) is 51.2 Å². The van der Waals surface area contributed by atoms with E-state index in [1.165, 1.54) is 6.33 Å². The van der Waals surface area contributed by atoms with Crippen LogP contribution in [0.2, 0.25) is 0 Å². The molecule has 2 N–H and O–H groups in total. The van der Waals surface area contributed by atoms with Gasteiger partial charge in [0.15, 0.2) is 0 Å². The Kier molecular flexibility index (Phi) is 4.63. The molecule has 0 unspecified atom stereocenters. The Morgan fingerprint density at radius 3 is 2.63 bits per heavy atom. The highest BCUT2D eigenvalue weighted by molar-refractivity contribution is 6.09. The van der Waals surface area contributed by atoms with E-state index >= 15 is 0 Å². The second-order valence-corrected chi connectivity index (χ2v) is 7.39. The van der Waals surface area contributed by atoms with Crippen molar-refractivity contribution in [1.82, 2.24) is 9.97 Å². The first-order chi connectivity index (χ1) is 12.7. The van der Waals surface area contributed by atoms with Gasteiger partial charge < -0.3 is 15.2 Å². The molecule has 7 heteroatoms. The van der Waals surface area contributed by atoms with Gasteiger partial charge in [-0.25, -0.2) is 4.98 Å². The van der Waals surface area contributed by atoms with Crippen LogP contribution in [0.4, 0.5) is 11.4 Å². The Labute approximate surface area is 157 Å². The zero-order valence-electron chi connectivity index (χ0n) is 16.3. The first-order valence-corrected chi connectivity index (χ1v) is 8.97. The van der Waals surface area contributed by atoms with Gasteiger partial charge in [-0.3, -0.25) is 14.4 Å². The van der Waals surface area contributed by atoms with E-state index in [-0.39, 0.29) is 23.8 Å². The molecule has 0 fully saturated rings. The first-order valence-electron chi connectivity index (χ1n) is 8.97. The Bertz CT molecular complexity index is 991. The number of nitrogens with one attached hydrogen (secondary N) is 2. The molecule has 1 aliphatic heterocycles. The first kappa shape index (κ1) is 18.8. The number of amides is 2. The topological polar surface area (TPSA) is 95.2 Å². The molecular weight excluding hydrogens is 344 g/mol. The van der Waals surface area contributed by atoms with Crippen LogP contribution in [-0.4, -0.2) is 28.3 Å². The third-order valence-electron chi connectivity index (χ3n) is 5.14. The van der Waals surface area contributed by atoms with E-state index in [2.05, 4.69) is 15.3 Å². The van der Waals surface area contributed by atoms with Gasteiger partial charge in [0.05, 0.1) is 29.5 Å². The molecule has 142 valence electrons. The lowest BCUT2D eigenvalue weighted by Gasteiger charge is -2.18. The number of benzene rings is 1. The van der Waals surface area contributed by atoms with Gasteiger partial charge in [0.25, 0.3) is 5.56 Å². The lowest BCUT2D eigenvalue weighted by atomic mass is 9.85. The van der Waals surface area contributed by atoms with E-state index in [1.54, 1.807) is 11.8 Å². The Hall–Kier alpha value is -2.96. The van der Waals surface area contributed by atoms with E-state index in [4.69, 9.17) is 0 Å². The van der Waals surface area contributed by atoms with Crippen molar-refractivity contribution in [2.75, 3.05) is 16.8 Å². The van der Waals surface area contributed by atoms with Crippen molar-refractivity contribution in [3.8, 4) is 0 Å². The lowest BCUT2D eigenvalue weighted by molar-refractivity contribution is -0.122. The molecule has 2 heterocycles. The predicted molar refractivity (Wildman–Crippen MR) is 104 cm³/mol. The third-order valence-corrected chi connectivity index (χ3v) is 5.14. The summed E-state index contributed by atoms with van der Waals surface area (Å²) >= 11 is 0. The van der Waals surface area contributed by atoms with Gasteiger partial charge in [0, 0.05) is 17.8 Å². The van der Waals surface area contributed by atoms with Crippen LogP contribution in [0.25, 0.3) is 0 Å². The second kappa shape index (κ2) is 6.64. The highest BCUT2D eigenvalue weighted by Crippen LogP contribution is 2.44. The molecule has 0 saturated carbocycles. The van der Waals surface area contributed by atoms with Crippen molar-refractivity contribution in [1.29, 1.82) is 0 Å². The molecule has 1 aromatic carbocycles. The summed E-state index contributed by atoms with van der Waals surface area (Å²) in [5.74, 6) is -0.195. The summed E-state index contributed by atoms with van der Waals surface area (Å²) in [5.41, 5.74) is 3.41. The smallest absolute Gasteiger partial charge is 0.253 e. The number of nitrogens with zero attached hydrogens (tertiary/aromatic N) is 2. The Balaban J connectivity index is 1.89. The van der Waals surface area contributed by atoms with Crippen molar-refractivity contribution >= 4 is 23.2 Å². The molecule has 27 heavy (non-hydrogen) atoms. The Morgan fingerprint density at radius 2 is 1.96 bits per heavy atom. The van der Waals surface area contributed by atoms with Crippen LogP contribution in [0.5, 0.6) is 0 Å². The molecule has 1 aliphatic rings. The minimum Gasteiger partial charge on any atom is -0.326 e. The second-order valence-electron chi connectivity index (χ2n) is 7.39. The number of likely N-dealkylation sites (N-methyl/N-ethyl adjacent to an activating group) is 1. The van der Waals surface area contributed by atoms with Gasteiger partial charge in [-0.2, -0.15) is 0 Å². The van der Waals surface area contributed by atoms with E-state index < -0.39 is 5.41 Å². The minimum absolute atomic E-state index is 0.00922. The van der Waals surface area contributed by atoms with Crippen LogP contribution >= 0.6 is 0 Å². The quantitative estimate of drug-likeness (QED) is 0.865. The number of hydrogen-bond acceptors (Lipinski definition) is 4. The van der Waals surface area contributed by atoms with E-state index in [0.717, 1.165) is 16.8 Å². The fourth-order valence-electron chi connectivity index (χ4n) is 3.58. The van der Waals surface area contributed by atoms with E-state index in [1.807, 2.05) is 39.8 Å². The summed E-state index contributed by atoms with van der Waals surface area (Å²) in [6.45, 7) is 9.94. The Morgan fingerprint density at radius 1 is 1.26 bits per heavy atom. The standard InChI is InChI=1S/C20H24N4O3/c1-6-24-17-11(2)7-13(8-14(17)20(4,5)19(24)27)23-16(25)9-15-12(3)18(26)22-10-21-15/h7-8,10H,6,9H2,1-5H3,(H,23,25)(H,21,22,26). The van der Waals surface area contributed by atoms with Crippen LogP contribution in [0.1, 0.15) is 43.2 Å².